The zero-order valence-corrected chi connectivity index (χ0v) is 9.01. The summed E-state index contributed by atoms with van der Waals surface area (Å²) in [6, 6.07) is 2.49. The van der Waals surface area contributed by atoms with Gasteiger partial charge in [0.25, 0.3) is 0 Å². The first kappa shape index (κ1) is 11.8. The van der Waals surface area contributed by atoms with Crippen LogP contribution in [0.3, 0.4) is 0 Å². The maximum absolute atomic E-state index is 11.8. The van der Waals surface area contributed by atoms with Crippen molar-refractivity contribution in [3.8, 4) is 5.75 Å². The van der Waals surface area contributed by atoms with E-state index >= 15 is 0 Å². The number of halogens is 5. The van der Waals surface area contributed by atoms with E-state index in [2.05, 4.69) is 4.74 Å². The third kappa shape index (κ3) is 2.87. The molecule has 0 aliphatic rings. The van der Waals surface area contributed by atoms with Crippen LogP contribution in [0.25, 0.3) is 0 Å². The van der Waals surface area contributed by atoms with Gasteiger partial charge in [0.15, 0.2) is 0 Å². The number of alkyl halides is 3. The fourth-order valence-electron chi connectivity index (χ4n) is 0.878. The van der Waals surface area contributed by atoms with Gasteiger partial charge in [0.2, 0.25) is 0 Å². The molecule has 0 amide bonds. The second kappa shape index (κ2) is 5.01. The molecule has 78 valence electrons. The molecule has 0 saturated heterocycles. The van der Waals surface area contributed by atoms with Crippen LogP contribution in [0.5, 0.6) is 5.75 Å². The van der Waals surface area contributed by atoms with E-state index in [1.54, 1.807) is 0 Å². The molecule has 1 rings (SSSR count). The minimum Gasteiger partial charge on any atom is -0.435 e. The number of hydrogen-bond donors (Lipinski definition) is 0. The molecule has 0 fully saturated rings. The van der Waals surface area contributed by atoms with E-state index < -0.39 is 6.61 Å². The quantitative estimate of drug-likeness (QED) is 0.736. The molecule has 14 heavy (non-hydrogen) atoms. The maximum atomic E-state index is 11.8. The second-order valence-electron chi connectivity index (χ2n) is 2.38. The van der Waals surface area contributed by atoms with Gasteiger partial charge in [0, 0.05) is 5.56 Å². The summed E-state index contributed by atoms with van der Waals surface area (Å²) in [5, 5.41) is 0.423. The average molecular weight is 261 g/mol. The van der Waals surface area contributed by atoms with Crippen LogP contribution in [-0.4, -0.2) is 6.61 Å². The van der Waals surface area contributed by atoms with Crippen molar-refractivity contribution in [2.75, 3.05) is 0 Å². The maximum Gasteiger partial charge on any atom is 0.387 e. The van der Waals surface area contributed by atoms with Crippen LogP contribution >= 0.6 is 34.8 Å². The van der Waals surface area contributed by atoms with E-state index in [0.29, 0.717) is 5.56 Å². The molecule has 0 aliphatic heterocycles. The van der Waals surface area contributed by atoms with E-state index in [1.807, 2.05) is 0 Å². The largest absolute Gasteiger partial charge is 0.435 e. The summed E-state index contributed by atoms with van der Waals surface area (Å²) in [4.78, 5) is 0. The fourth-order valence-corrected chi connectivity index (χ4v) is 1.90. The molecule has 1 nitrogen and oxygen atoms in total. The summed E-state index contributed by atoms with van der Waals surface area (Å²) < 4.78 is 27.8. The highest BCUT2D eigenvalue weighted by Gasteiger charge is 2.10. The fraction of sp³-hybridized carbons (Fsp3) is 0.250. The number of rotatable bonds is 3. The Hall–Kier alpha value is -0.250. The highest BCUT2D eigenvalue weighted by molar-refractivity contribution is 6.37. The van der Waals surface area contributed by atoms with Crippen molar-refractivity contribution in [1.29, 1.82) is 0 Å². The average Bonchev–Trinajstić information content (AvgIpc) is 2.01. The zero-order valence-electron chi connectivity index (χ0n) is 6.74. The van der Waals surface area contributed by atoms with Crippen molar-refractivity contribution in [1.82, 2.24) is 0 Å². The Morgan fingerprint density at radius 2 is 1.71 bits per heavy atom. The Bertz CT molecular complexity index is 307. The molecular weight excluding hydrogens is 256 g/mol. The van der Waals surface area contributed by atoms with Crippen molar-refractivity contribution in [3.05, 3.63) is 27.7 Å². The molecule has 0 atom stereocenters. The summed E-state index contributed by atoms with van der Waals surface area (Å²) in [5.41, 5.74) is 0.497. The first-order valence-corrected chi connectivity index (χ1v) is 4.82. The zero-order chi connectivity index (χ0) is 10.7. The summed E-state index contributed by atoms with van der Waals surface area (Å²) in [7, 11) is 0. The molecule has 0 aliphatic carbocycles. The molecular formula is C8H5Cl3F2O. The first-order chi connectivity index (χ1) is 6.54. The highest BCUT2D eigenvalue weighted by Crippen LogP contribution is 2.31. The molecule has 0 N–H and O–H groups in total. The van der Waals surface area contributed by atoms with Crippen molar-refractivity contribution in [3.63, 3.8) is 0 Å². The van der Waals surface area contributed by atoms with Gasteiger partial charge < -0.3 is 4.74 Å². The van der Waals surface area contributed by atoms with Gasteiger partial charge in [-0.15, -0.1) is 11.6 Å². The Morgan fingerprint density at radius 1 is 1.21 bits per heavy atom. The monoisotopic (exact) mass is 260 g/mol. The van der Waals surface area contributed by atoms with Crippen LogP contribution in [-0.2, 0) is 5.88 Å². The predicted octanol–water partition coefficient (Wildman–Crippen LogP) is 4.33. The van der Waals surface area contributed by atoms with Gasteiger partial charge >= 0.3 is 6.61 Å². The lowest BCUT2D eigenvalue weighted by Crippen LogP contribution is -2.02. The third-order valence-corrected chi connectivity index (χ3v) is 2.42. The smallest absolute Gasteiger partial charge is 0.387 e. The summed E-state index contributed by atoms with van der Waals surface area (Å²) in [6.07, 6.45) is 0. The Kier molecular flexibility index (Phi) is 4.23. The van der Waals surface area contributed by atoms with Gasteiger partial charge in [0.05, 0.1) is 15.9 Å². The molecule has 0 saturated carbocycles. The predicted molar refractivity (Wildman–Crippen MR) is 52.7 cm³/mol. The van der Waals surface area contributed by atoms with Crippen molar-refractivity contribution >= 4 is 34.8 Å². The van der Waals surface area contributed by atoms with Gasteiger partial charge in [-0.1, -0.05) is 23.2 Å². The normalized spacial score (nSPS) is 10.7. The van der Waals surface area contributed by atoms with Gasteiger partial charge in [-0.3, -0.25) is 0 Å². The Balaban J connectivity index is 3.01. The number of ether oxygens (including phenoxy) is 1. The molecule has 0 unspecified atom stereocenters. The van der Waals surface area contributed by atoms with Crippen LogP contribution < -0.4 is 4.74 Å². The SMILES string of the molecule is FC(F)Oc1cc(Cl)c(CCl)c(Cl)c1. The van der Waals surface area contributed by atoms with Crippen molar-refractivity contribution < 1.29 is 13.5 Å². The van der Waals surface area contributed by atoms with Crippen molar-refractivity contribution in [2.45, 2.75) is 12.5 Å². The molecule has 1 aromatic rings. The highest BCUT2D eigenvalue weighted by atomic mass is 35.5. The van der Waals surface area contributed by atoms with Gasteiger partial charge in [-0.25, -0.2) is 0 Å². The molecule has 0 spiro atoms. The Morgan fingerprint density at radius 3 is 2.07 bits per heavy atom. The van der Waals surface area contributed by atoms with E-state index in [0.717, 1.165) is 0 Å². The minimum absolute atomic E-state index is 0.0798. The second-order valence-corrected chi connectivity index (χ2v) is 3.46. The van der Waals surface area contributed by atoms with Crippen LogP contribution in [0, 0.1) is 0 Å². The third-order valence-electron chi connectivity index (χ3n) is 1.47. The molecule has 0 aromatic heterocycles. The topological polar surface area (TPSA) is 9.23 Å². The summed E-state index contributed by atoms with van der Waals surface area (Å²) in [6.45, 7) is -2.90. The molecule has 0 bridgehead atoms. The molecule has 6 heteroatoms. The van der Waals surface area contributed by atoms with Crippen LogP contribution in [0.1, 0.15) is 5.56 Å². The lowest BCUT2D eigenvalue weighted by molar-refractivity contribution is -0.0498. The minimum atomic E-state index is -2.90. The van der Waals surface area contributed by atoms with Gasteiger partial charge in [-0.2, -0.15) is 8.78 Å². The lowest BCUT2D eigenvalue weighted by Gasteiger charge is -2.08. The van der Waals surface area contributed by atoms with Crippen LogP contribution in [0.2, 0.25) is 10.0 Å². The molecule has 0 heterocycles. The van der Waals surface area contributed by atoms with Crippen molar-refractivity contribution in [2.24, 2.45) is 0 Å². The summed E-state index contributed by atoms with van der Waals surface area (Å²) in [5.74, 6) is 0.0379. The van der Waals surface area contributed by atoms with E-state index in [1.165, 1.54) is 12.1 Å². The number of hydrogen-bond acceptors (Lipinski definition) is 1. The van der Waals surface area contributed by atoms with E-state index in [4.69, 9.17) is 34.8 Å². The number of benzene rings is 1. The lowest BCUT2D eigenvalue weighted by atomic mass is 10.2. The molecule has 0 radical (unpaired) electrons. The standard InChI is InChI=1S/C8H5Cl3F2O/c9-3-5-6(10)1-4(2-7(5)11)14-8(12)13/h1-2,8H,3H2. The molecule has 1 aromatic carbocycles. The van der Waals surface area contributed by atoms with Crippen LogP contribution in [0.4, 0.5) is 8.78 Å². The van der Waals surface area contributed by atoms with Gasteiger partial charge in [-0.05, 0) is 12.1 Å². The Labute approximate surface area is 94.5 Å². The van der Waals surface area contributed by atoms with Crippen LogP contribution in [0.15, 0.2) is 12.1 Å². The first-order valence-electron chi connectivity index (χ1n) is 3.53. The van der Waals surface area contributed by atoms with Gasteiger partial charge in [0.1, 0.15) is 5.75 Å². The van der Waals surface area contributed by atoms with E-state index in [9.17, 15) is 8.78 Å². The van der Waals surface area contributed by atoms with E-state index in [-0.39, 0.29) is 21.7 Å². The summed E-state index contributed by atoms with van der Waals surface area (Å²) >= 11 is 17.0.